The number of nitrogens with zero attached hydrogens (tertiary/aromatic N) is 1. The van der Waals surface area contributed by atoms with Crippen molar-refractivity contribution in [1.82, 2.24) is 9.97 Å². The standard InChI is InChI=1S/C11H13F2N3OS/c12-7-5-9-10(6-8(7)13)16-11(15-9)18-4-3-17-2-1-14/h5-6H,1-4,14H2,(H,15,16). The van der Waals surface area contributed by atoms with Gasteiger partial charge in [0.25, 0.3) is 0 Å². The van der Waals surface area contributed by atoms with Gasteiger partial charge in [-0.1, -0.05) is 11.8 Å². The van der Waals surface area contributed by atoms with Crippen LogP contribution in [0.2, 0.25) is 0 Å². The maximum atomic E-state index is 13.0. The Labute approximate surface area is 107 Å². The molecule has 0 unspecified atom stereocenters. The van der Waals surface area contributed by atoms with Crippen LogP contribution in [-0.4, -0.2) is 35.5 Å². The summed E-state index contributed by atoms with van der Waals surface area (Å²) in [5, 5.41) is 0.617. The fourth-order valence-corrected chi connectivity index (χ4v) is 2.17. The van der Waals surface area contributed by atoms with E-state index in [4.69, 9.17) is 10.5 Å². The lowest BCUT2D eigenvalue weighted by molar-refractivity contribution is 0.158. The monoisotopic (exact) mass is 273 g/mol. The molecule has 0 bridgehead atoms. The largest absolute Gasteiger partial charge is 0.379 e. The molecule has 0 saturated heterocycles. The molecule has 7 heteroatoms. The highest BCUT2D eigenvalue weighted by atomic mass is 32.2. The van der Waals surface area contributed by atoms with Crippen LogP contribution in [0.5, 0.6) is 0 Å². The van der Waals surface area contributed by atoms with Crippen LogP contribution in [0.25, 0.3) is 11.0 Å². The number of aromatic amines is 1. The molecule has 0 atom stereocenters. The number of fused-ring (bicyclic) bond motifs is 1. The molecule has 1 heterocycles. The van der Waals surface area contributed by atoms with Crippen LogP contribution < -0.4 is 5.73 Å². The minimum Gasteiger partial charge on any atom is -0.379 e. The second-order valence-electron chi connectivity index (χ2n) is 3.57. The highest BCUT2D eigenvalue weighted by Crippen LogP contribution is 2.21. The van der Waals surface area contributed by atoms with Gasteiger partial charge in [-0.25, -0.2) is 13.8 Å². The molecule has 0 fully saturated rings. The smallest absolute Gasteiger partial charge is 0.166 e. The number of thioether (sulfide) groups is 1. The van der Waals surface area contributed by atoms with Gasteiger partial charge in [0.05, 0.1) is 24.2 Å². The first-order valence-electron chi connectivity index (χ1n) is 5.46. The second-order valence-corrected chi connectivity index (χ2v) is 4.66. The van der Waals surface area contributed by atoms with Crippen LogP contribution in [0.4, 0.5) is 8.78 Å². The summed E-state index contributed by atoms with van der Waals surface area (Å²) in [4.78, 5) is 7.07. The molecule has 0 amide bonds. The number of benzene rings is 1. The van der Waals surface area contributed by atoms with E-state index in [-0.39, 0.29) is 0 Å². The molecule has 0 aliphatic rings. The molecule has 98 valence electrons. The summed E-state index contributed by atoms with van der Waals surface area (Å²) in [6.07, 6.45) is 0. The SMILES string of the molecule is NCCOCCSc1nc2cc(F)c(F)cc2[nH]1. The summed E-state index contributed by atoms with van der Waals surface area (Å²) in [6.45, 7) is 1.58. The Hall–Kier alpha value is -1.18. The first kappa shape index (κ1) is 13.3. The van der Waals surface area contributed by atoms with Crippen molar-refractivity contribution in [3.05, 3.63) is 23.8 Å². The first-order chi connectivity index (χ1) is 8.70. The number of H-pyrrole nitrogens is 1. The van der Waals surface area contributed by atoms with E-state index in [2.05, 4.69) is 9.97 Å². The number of ether oxygens (including phenoxy) is 1. The van der Waals surface area contributed by atoms with E-state index in [9.17, 15) is 8.78 Å². The maximum Gasteiger partial charge on any atom is 0.166 e. The minimum atomic E-state index is -0.892. The lowest BCUT2D eigenvalue weighted by Gasteiger charge is -1.99. The van der Waals surface area contributed by atoms with Crippen molar-refractivity contribution in [3.63, 3.8) is 0 Å². The van der Waals surface area contributed by atoms with E-state index in [0.717, 1.165) is 12.1 Å². The molecule has 1 aromatic heterocycles. The number of imidazole rings is 1. The van der Waals surface area contributed by atoms with Crippen molar-refractivity contribution in [3.8, 4) is 0 Å². The number of hydrogen-bond donors (Lipinski definition) is 2. The molecule has 4 nitrogen and oxygen atoms in total. The summed E-state index contributed by atoms with van der Waals surface area (Å²) < 4.78 is 31.2. The van der Waals surface area contributed by atoms with Gasteiger partial charge in [-0.2, -0.15) is 0 Å². The Balaban J connectivity index is 1.97. The molecule has 2 aromatic rings. The van der Waals surface area contributed by atoms with E-state index in [0.29, 0.717) is 41.7 Å². The van der Waals surface area contributed by atoms with Gasteiger partial charge in [-0.15, -0.1) is 0 Å². The van der Waals surface area contributed by atoms with Crippen LogP contribution in [0, 0.1) is 11.6 Å². The fourth-order valence-electron chi connectivity index (χ4n) is 1.43. The Kier molecular flexibility index (Phi) is 4.51. The Bertz CT molecular complexity index is 493. The lowest BCUT2D eigenvalue weighted by atomic mass is 10.3. The number of hydrogen-bond acceptors (Lipinski definition) is 4. The van der Waals surface area contributed by atoms with Gasteiger partial charge in [0, 0.05) is 24.4 Å². The third-order valence-corrected chi connectivity index (χ3v) is 3.07. The third-order valence-electron chi connectivity index (χ3n) is 2.23. The average Bonchev–Trinajstić information content (AvgIpc) is 2.71. The molecule has 1 aromatic carbocycles. The van der Waals surface area contributed by atoms with Crippen LogP contribution >= 0.6 is 11.8 Å². The fraction of sp³-hybridized carbons (Fsp3) is 0.364. The highest BCUT2D eigenvalue weighted by Gasteiger charge is 2.08. The summed E-state index contributed by atoms with van der Waals surface area (Å²) >= 11 is 1.43. The molecule has 3 N–H and O–H groups in total. The molecule has 0 aliphatic heterocycles. The number of halogens is 2. The summed E-state index contributed by atoms with van der Waals surface area (Å²) in [6, 6.07) is 2.18. The second kappa shape index (κ2) is 6.12. The van der Waals surface area contributed by atoms with Gasteiger partial charge in [0.15, 0.2) is 16.8 Å². The Morgan fingerprint density at radius 1 is 1.28 bits per heavy atom. The van der Waals surface area contributed by atoms with Gasteiger partial charge in [-0.05, 0) is 0 Å². The van der Waals surface area contributed by atoms with Crippen molar-refractivity contribution in [1.29, 1.82) is 0 Å². The number of rotatable bonds is 6. The predicted octanol–water partition coefficient (Wildman–Crippen LogP) is 1.91. The van der Waals surface area contributed by atoms with Crippen molar-refractivity contribution in [2.24, 2.45) is 5.73 Å². The van der Waals surface area contributed by atoms with Crippen molar-refractivity contribution < 1.29 is 13.5 Å². The Morgan fingerprint density at radius 3 is 2.83 bits per heavy atom. The van der Waals surface area contributed by atoms with E-state index in [1.807, 2.05) is 0 Å². The number of aromatic nitrogens is 2. The van der Waals surface area contributed by atoms with Gasteiger partial charge < -0.3 is 15.5 Å². The van der Waals surface area contributed by atoms with Crippen molar-refractivity contribution >= 4 is 22.8 Å². The molecule has 18 heavy (non-hydrogen) atoms. The van der Waals surface area contributed by atoms with Crippen molar-refractivity contribution in [2.75, 3.05) is 25.5 Å². The van der Waals surface area contributed by atoms with Crippen molar-refractivity contribution in [2.45, 2.75) is 5.16 Å². The maximum absolute atomic E-state index is 13.0. The molecule has 2 rings (SSSR count). The van der Waals surface area contributed by atoms with E-state index >= 15 is 0 Å². The molecular formula is C11H13F2N3OS. The van der Waals surface area contributed by atoms with E-state index < -0.39 is 11.6 Å². The zero-order chi connectivity index (χ0) is 13.0. The third kappa shape index (κ3) is 3.18. The predicted molar refractivity (Wildman–Crippen MR) is 66.6 cm³/mol. The van der Waals surface area contributed by atoms with Gasteiger partial charge in [0.2, 0.25) is 0 Å². The lowest BCUT2D eigenvalue weighted by Crippen LogP contribution is -2.09. The van der Waals surface area contributed by atoms with Gasteiger partial charge in [0.1, 0.15) is 0 Å². The van der Waals surface area contributed by atoms with Crippen LogP contribution in [0.15, 0.2) is 17.3 Å². The minimum absolute atomic E-state index is 0.416. The number of nitrogens with two attached hydrogens (primary N) is 1. The molecule has 0 aliphatic carbocycles. The molecule has 0 radical (unpaired) electrons. The van der Waals surface area contributed by atoms with E-state index in [1.165, 1.54) is 11.8 Å². The summed E-state index contributed by atoms with van der Waals surface area (Å²) in [5.41, 5.74) is 6.18. The zero-order valence-electron chi connectivity index (χ0n) is 9.58. The molecular weight excluding hydrogens is 260 g/mol. The first-order valence-corrected chi connectivity index (χ1v) is 6.44. The van der Waals surface area contributed by atoms with Crippen LogP contribution in [0.3, 0.4) is 0 Å². The topological polar surface area (TPSA) is 63.9 Å². The molecule has 0 spiro atoms. The van der Waals surface area contributed by atoms with E-state index in [1.54, 1.807) is 0 Å². The number of nitrogens with one attached hydrogen (secondary N) is 1. The average molecular weight is 273 g/mol. The van der Waals surface area contributed by atoms with Gasteiger partial charge in [-0.3, -0.25) is 0 Å². The quantitative estimate of drug-likeness (QED) is 0.623. The van der Waals surface area contributed by atoms with Crippen LogP contribution in [-0.2, 0) is 4.74 Å². The summed E-state index contributed by atoms with van der Waals surface area (Å²) in [7, 11) is 0. The molecule has 0 saturated carbocycles. The zero-order valence-corrected chi connectivity index (χ0v) is 10.4. The Morgan fingerprint density at radius 2 is 2.06 bits per heavy atom. The summed E-state index contributed by atoms with van der Waals surface area (Å²) in [5.74, 6) is -1.07. The highest BCUT2D eigenvalue weighted by molar-refractivity contribution is 7.99. The van der Waals surface area contributed by atoms with Gasteiger partial charge >= 0.3 is 0 Å². The van der Waals surface area contributed by atoms with Crippen LogP contribution in [0.1, 0.15) is 0 Å². The normalized spacial score (nSPS) is 11.3.